The third-order valence-electron chi connectivity index (χ3n) is 2.27. The fourth-order valence-electron chi connectivity index (χ4n) is 1.38. The molecule has 0 aliphatic carbocycles. The number of carboxylic acid groups (broad SMARTS) is 1. The number of rotatable bonds is 2. The fourth-order valence-corrected chi connectivity index (χ4v) is 2.19. The van der Waals surface area contributed by atoms with Crippen molar-refractivity contribution in [3.05, 3.63) is 33.3 Å². The van der Waals surface area contributed by atoms with Crippen LogP contribution in [0, 0.1) is 6.92 Å². The third-order valence-corrected chi connectivity index (χ3v) is 3.32. The topological polar surface area (TPSA) is 37.3 Å². The molecular formula is C11H13BrO2. The summed E-state index contributed by atoms with van der Waals surface area (Å²) >= 11 is 3.44. The highest BCUT2D eigenvalue weighted by Gasteiger charge is 2.13. The lowest BCUT2D eigenvalue weighted by molar-refractivity contribution is 0.0696. The summed E-state index contributed by atoms with van der Waals surface area (Å²) in [4.78, 5) is 10.8. The zero-order valence-electron chi connectivity index (χ0n) is 8.47. The van der Waals surface area contributed by atoms with Gasteiger partial charge in [0.1, 0.15) is 0 Å². The summed E-state index contributed by atoms with van der Waals surface area (Å²) in [5.41, 5.74) is 2.30. The third kappa shape index (κ3) is 1.98. The molecule has 0 heterocycles. The molecule has 1 rings (SSSR count). The van der Waals surface area contributed by atoms with Crippen LogP contribution in [-0.4, -0.2) is 11.1 Å². The van der Waals surface area contributed by atoms with E-state index >= 15 is 0 Å². The second kappa shape index (κ2) is 4.13. The van der Waals surface area contributed by atoms with Gasteiger partial charge in [-0.3, -0.25) is 0 Å². The first-order valence-electron chi connectivity index (χ1n) is 4.47. The van der Waals surface area contributed by atoms with Gasteiger partial charge in [0.25, 0.3) is 0 Å². The Hall–Kier alpha value is -0.830. The quantitative estimate of drug-likeness (QED) is 0.879. The molecule has 14 heavy (non-hydrogen) atoms. The monoisotopic (exact) mass is 256 g/mol. The lowest BCUT2D eigenvalue weighted by atomic mass is 9.98. The lowest BCUT2D eigenvalue weighted by Gasteiger charge is -2.12. The molecule has 0 fully saturated rings. The summed E-state index contributed by atoms with van der Waals surface area (Å²) in [6, 6.07) is 3.53. The highest BCUT2D eigenvalue weighted by atomic mass is 79.9. The molecule has 0 aliphatic rings. The smallest absolute Gasteiger partial charge is 0.335 e. The number of hydrogen-bond acceptors (Lipinski definition) is 1. The van der Waals surface area contributed by atoms with Crippen LogP contribution >= 0.6 is 15.9 Å². The van der Waals surface area contributed by atoms with Gasteiger partial charge in [-0.15, -0.1) is 0 Å². The Morgan fingerprint density at radius 3 is 2.43 bits per heavy atom. The molecule has 0 saturated carbocycles. The normalized spacial score (nSPS) is 10.6. The standard InChI is InChI=1S/C11H13BrO2/c1-6(2)8-4-5-9(11(13)14)7(3)10(8)12/h4-6H,1-3H3,(H,13,14). The van der Waals surface area contributed by atoms with E-state index in [1.165, 1.54) is 0 Å². The van der Waals surface area contributed by atoms with E-state index in [2.05, 4.69) is 29.8 Å². The van der Waals surface area contributed by atoms with Crippen LogP contribution in [0.2, 0.25) is 0 Å². The first-order valence-corrected chi connectivity index (χ1v) is 5.26. The molecule has 0 unspecified atom stereocenters. The molecule has 0 amide bonds. The van der Waals surface area contributed by atoms with Crippen molar-refractivity contribution in [2.24, 2.45) is 0 Å². The van der Waals surface area contributed by atoms with Crippen molar-refractivity contribution >= 4 is 21.9 Å². The number of carboxylic acids is 1. The first-order chi connectivity index (χ1) is 6.45. The van der Waals surface area contributed by atoms with Gasteiger partial charge in [0.2, 0.25) is 0 Å². The van der Waals surface area contributed by atoms with Crippen LogP contribution in [0.25, 0.3) is 0 Å². The molecule has 76 valence electrons. The zero-order chi connectivity index (χ0) is 10.9. The van der Waals surface area contributed by atoms with Crippen molar-refractivity contribution in [3.8, 4) is 0 Å². The number of carbonyl (C=O) groups is 1. The van der Waals surface area contributed by atoms with Crippen LogP contribution in [0.4, 0.5) is 0 Å². The Labute approximate surface area is 92.1 Å². The maximum atomic E-state index is 10.8. The van der Waals surface area contributed by atoms with Crippen molar-refractivity contribution in [3.63, 3.8) is 0 Å². The van der Waals surface area contributed by atoms with Crippen LogP contribution in [-0.2, 0) is 0 Å². The molecular weight excluding hydrogens is 244 g/mol. The van der Waals surface area contributed by atoms with Gasteiger partial charge in [0.15, 0.2) is 0 Å². The van der Waals surface area contributed by atoms with Crippen molar-refractivity contribution < 1.29 is 9.90 Å². The zero-order valence-corrected chi connectivity index (χ0v) is 10.1. The van der Waals surface area contributed by atoms with E-state index in [1.54, 1.807) is 6.07 Å². The van der Waals surface area contributed by atoms with Crippen molar-refractivity contribution in [2.45, 2.75) is 26.7 Å². The van der Waals surface area contributed by atoms with Gasteiger partial charge >= 0.3 is 5.97 Å². The van der Waals surface area contributed by atoms with E-state index in [0.29, 0.717) is 11.5 Å². The Balaban J connectivity index is 3.33. The van der Waals surface area contributed by atoms with Gasteiger partial charge < -0.3 is 5.11 Å². The van der Waals surface area contributed by atoms with E-state index in [-0.39, 0.29) is 0 Å². The summed E-state index contributed by atoms with van der Waals surface area (Å²) in [6.07, 6.45) is 0. The van der Waals surface area contributed by atoms with Crippen LogP contribution in [0.15, 0.2) is 16.6 Å². The molecule has 0 saturated heterocycles. The molecule has 0 aromatic heterocycles. The Morgan fingerprint density at radius 2 is 2.00 bits per heavy atom. The van der Waals surface area contributed by atoms with Gasteiger partial charge in [-0.2, -0.15) is 0 Å². The highest BCUT2D eigenvalue weighted by Crippen LogP contribution is 2.29. The number of benzene rings is 1. The van der Waals surface area contributed by atoms with Crippen LogP contribution in [0.3, 0.4) is 0 Å². The SMILES string of the molecule is Cc1c(C(=O)O)ccc(C(C)C)c1Br. The maximum absolute atomic E-state index is 10.8. The summed E-state index contributed by atoms with van der Waals surface area (Å²) in [7, 11) is 0. The molecule has 3 heteroatoms. The first kappa shape index (κ1) is 11.2. The van der Waals surface area contributed by atoms with Gasteiger partial charge in [-0.1, -0.05) is 35.8 Å². The van der Waals surface area contributed by atoms with Gasteiger partial charge in [-0.25, -0.2) is 4.79 Å². The van der Waals surface area contributed by atoms with Crippen LogP contribution < -0.4 is 0 Å². The average Bonchev–Trinajstić information content (AvgIpc) is 2.08. The average molecular weight is 257 g/mol. The minimum atomic E-state index is -0.876. The molecule has 0 bridgehead atoms. The molecule has 1 aromatic rings. The summed E-state index contributed by atoms with van der Waals surface area (Å²) in [6.45, 7) is 5.99. The largest absolute Gasteiger partial charge is 0.478 e. The summed E-state index contributed by atoms with van der Waals surface area (Å²) in [5, 5.41) is 8.90. The molecule has 2 nitrogen and oxygen atoms in total. The van der Waals surface area contributed by atoms with Crippen molar-refractivity contribution in [1.82, 2.24) is 0 Å². The number of aromatic carboxylic acids is 1. The summed E-state index contributed by atoms with van der Waals surface area (Å²) in [5.74, 6) is -0.482. The second-order valence-corrected chi connectivity index (χ2v) is 4.39. The van der Waals surface area contributed by atoms with Gasteiger partial charge in [0.05, 0.1) is 5.56 Å². The Bertz CT molecular complexity index is 370. The van der Waals surface area contributed by atoms with Crippen molar-refractivity contribution in [1.29, 1.82) is 0 Å². The van der Waals surface area contributed by atoms with E-state index in [1.807, 2.05) is 13.0 Å². The van der Waals surface area contributed by atoms with E-state index < -0.39 is 5.97 Å². The fraction of sp³-hybridized carbons (Fsp3) is 0.364. The van der Waals surface area contributed by atoms with Crippen LogP contribution in [0.5, 0.6) is 0 Å². The number of hydrogen-bond donors (Lipinski definition) is 1. The maximum Gasteiger partial charge on any atom is 0.335 e. The Kier molecular flexibility index (Phi) is 3.32. The summed E-state index contributed by atoms with van der Waals surface area (Å²) < 4.78 is 0.910. The highest BCUT2D eigenvalue weighted by molar-refractivity contribution is 9.10. The predicted octanol–water partition coefficient (Wildman–Crippen LogP) is 3.58. The molecule has 1 aromatic carbocycles. The predicted molar refractivity (Wildman–Crippen MR) is 59.9 cm³/mol. The Morgan fingerprint density at radius 1 is 1.43 bits per heavy atom. The van der Waals surface area contributed by atoms with Crippen LogP contribution in [0.1, 0.15) is 41.3 Å². The van der Waals surface area contributed by atoms with Gasteiger partial charge in [0, 0.05) is 4.47 Å². The minimum Gasteiger partial charge on any atom is -0.478 e. The lowest BCUT2D eigenvalue weighted by Crippen LogP contribution is -2.02. The molecule has 1 N–H and O–H groups in total. The van der Waals surface area contributed by atoms with E-state index in [0.717, 1.165) is 15.6 Å². The number of halogens is 1. The van der Waals surface area contributed by atoms with E-state index in [4.69, 9.17) is 5.11 Å². The van der Waals surface area contributed by atoms with E-state index in [9.17, 15) is 4.79 Å². The molecule has 0 radical (unpaired) electrons. The van der Waals surface area contributed by atoms with Crippen molar-refractivity contribution in [2.75, 3.05) is 0 Å². The second-order valence-electron chi connectivity index (χ2n) is 3.60. The molecule has 0 atom stereocenters. The van der Waals surface area contributed by atoms with Gasteiger partial charge in [-0.05, 0) is 30.0 Å². The molecule has 0 aliphatic heterocycles. The molecule has 0 spiro atoms. The minimum absolute atomic E-state index is 0.362.